The van der Waals surface area contributed by atoms with Crippen molar-refractivity contribution in [2.75, 3.05) is 43.0 Å². The van der Waals surface area contributed by atoms with Gasteiger partial charge in [0.15, 0.2) is 5.65 Å². The topological polar surface area (TPSA) is 78.3 Å². The summed E-state index contributed by atoms with van der Waals surface area (Å²) >= 11 is 2.01. The molecule has 0 aromatic carbocycles. The van der Waals surface area contributed by atoms with Crippen molar-refractivity contribution < 1.29 is 0 Å². The average molecular weight is 280 g/mol. The molecular formula is C11H16N6OS. The van der Waals surface area contributed by atoms with Crippen molar-refractivity contribution in [2.24, 2.45) is 0 Å². The number of nitrogens with zero attached hydrogens (tertiary/aromatic N) is 4. The zero-order valence-corrected chi connectivity index (χ0v) is 11.3. The number of hydrogen-bond acceptors (Lipinski definition) is 6. The predicted octanol–water partition coefficient (Wildman–Crippen LogP) is -0.122. The minimum Gasteiger partial charge on any atom is -0.367 e. The fraction of sp³-hybridized carbons (Fsp3) is 0.545. The number of aromatic nitrogens is 4. The van der Waals surface area contributed by atoms with E-state index < -0.39 is 0 Å². The minimum absolute atomic E-state index is 0.313. The number of hydrogen-bond donors (Lipinski definition) is 2. The normalized spacial score (nSPS) is 16.8. The lowest BCUT2D eigenvalue weighted by atomic mass is 10.4. The molecule has 0 unspecified atom stereocenters. The van der Waals surface area contributed by atoms with Crippen LogP contribution < -0.4 is 11.0 Å². The van der Waals surface area contributed by atoms with Gasteiger partial charge in [0.1, 0.15) is 5.82 Å². The van der Waals surface area contributed by atoms with Crippen LogP contribution in [0.15, 0.2) is 16.9 Å². The molecule has 1 aliphatic heterocycles. The third-order valence-electron chi connectivity index (χ3n) is 3.11. The largest absolute Gasteiger partial charge is 0.367 e. The number of rotatable bonds is 4. The SMILES string of the molecule is O=c1[nH]nc2ccc(NCCN3CCSCC3)nn12. The molecule has 3 heterocycles. The molecule has 102 valence electrons. The fourth-order valence-electron chi connectivity index (χ4n) is 2.06. The zero-order chi connectivity index (χ0) is 13.1. The number of anilines is 1. The highest BCUT2D eigenvalue weighted by Gasteiger charge is 2.09. The van der Waals surface area contributed by atoms with Crippen LogP contribution in [0, 0.1) is 0 Å². The third-order valence-corrected chi connectivity index (χ3v) is 4.05. The summed E-state index contributed by atoms with van der Waals surface area (Å²) in [5, 5.41) is 13.6. The molecule has 0 amide bonds. The molecule has 2 aromatic rings. The molecule has 1 saturated heterocycles. The van der Waals surface area contributed by atoms with Crippen molar-refractivity contribution >= 4 is 23.2 Å². The second kappa shape index (κ2) is 5.62. The van der Waals surface area contributed by atoms with Gasteiger partial charge in [-0.25, -0.2) is 9.89 Å². The van der Waals surface area contributed by atoms with E-state index in [0.717, 1.165) is 26.2 Å². The lowest BCUT2D eigenvalue weighted by Gasteiger charge is -2.26. The molecule has 3 rings (SSSR count). The maximum atomic E-state index is 11.4. The van der Waals surface area contributed by atoms with Gasteiger partial charge >= 0.3 is 5.69 Å². The van der Waals surface area contributed by atoms with Crippen molar-refractivity contribution in [2.45, 2.75) is 0 Å². The minimum atomic E-state index is -0.313. The molecule has 1 aliphatic rings. The van der Waals surface area contributed by atoms with Gasteiger partial charge < -0.3 is 5.32 Å². The van der Waals surface area contributed by atoms with Crippen LogP contribution >= 0.6 is 11.8 Å². The van der Waals surface area contributed by atoms with Gasteiger partial charge in [-0.05, 0) is 12.1 Å². The summed E-state index contributed by atoms with van der Waals surface area (Å²) in [5.41, 5.74) is 0.218. The Morgan fingerprint density at radius 1 is 1.37 bits per heavy atom. The van der Waals surface area contributed by atoms with E-state index >= 15 is 0 Å². The molecule has 2 N–H and O–H groups in total. The molecule has 0 saturated carbocycles. The van der Waals surface area contributed by atoms with Gasteiger partial charge in [0.05, 0.1) is 0 Å². The molecule has 0 spiro atoms. The van der Waals surface area contributed by atoms with Crippen molar-refractivity contribution in [1.29, 1.82) is 0 Å². The molecular weight excluding hydrogens is 264 g/mol. The smallest absolute Gasteiger partial charge is 0.364 e. The molecule has 0 bridgehead atoms. The Hall–Kier alpha value is -1.54. The van der Waals surface area contributed by atoms with Gasteiger partial charge in [-0.1, -0.05) is 0 Å². The molecule has 7 nitrogen and oxygen atoms in total. The van der Waals surface area contributed by atoms with Crippen LogP contribution in [0.1, 0.15) is 0 Å². The molecule has 0 atom stereocenters. The summed E-state index contributed by atoms with van der Waals surface area (Å²) in [6.07, 6.45) is 0. The quantitative estimate of drug-likeness (QED) is 0.813. The van der Waals surface area contributed by atoms with E-state index in [2.05, 4.69) is 25.5 Å². The average Bonchev–Trinajstić information content (AvgIpc) is 2.82. The standard InChI is InChI=1S/C11H16N6OS/c18-11-14-13-10-2-1-9(15-17(10)11)12-3-4-16-5-7-19-8-6-16/h1-2H,3-8H2,(H,12,15)(H,14,18). The van der Waals surface area contributed by atoms with E-state index in [1.165, 1.54) is 16.0 Å². The van der Waals surface area contributed by atoms with E-state index in [1.807, 2.05) is 17.8 Å². The van der Waals surface area contributed by atoms with Crippen LogP contribution in [0.2, 0.25) is 0 Å². The first kappa shape index (κ1) is 12.5. The predicted molar refractivity (Wildman–Crippen MR) is 75.9 cm³/mol. The van der Waals surface area contributed by atoms with Crippen LogP contribution in [0.5, 0.6) is 0 Å². The van der Waals surface area contributed by atoms with Crippen LogP contribution in [0.25, 0.3) is 5.65 Å². The zero-order valence-electron chi connectivity index (χ0n) is 10.5. The summed E-state index contributed by atoms with van der Waals surface area (Å²) < 4.78 is 1.26. The van der Waals surface area contributed by atoms with E-state index in [-0.39, 0.29) is 5.69 Å². The van der Waals surface area contributed by atoms with Gasteiger partial charge in [-0.3, -0.25) is 4.90 Å². The lowest BCUT2D eigenvalue weighted by molar-refractivity contribution is 0.314. The van der Waals surface area contributed by atoms with Crippen molar-refractivity contribution in [1.82, 2.24) is 24.7 Å². The molecule has 8 heteroatoms. The van der Waals surface area contributed by atoms with Gasteiger partial charge in [0.25, 0.3) is 0 Å². The Kier molecular flexibility index (Phi) is 3.69. The lowest BCUT2D eigenvalue weighted by Crippen LogP contribution is -2.36. The Morgan fingerprint density at radius 3 is 3.05 bits per heavy atom. The Morgan fingerprint density at radius 2 is 2.21 bits per heavy atom. The van der Waals surface area contributed by atoms with Crippen molar-refractivity contribution in [3.8, 4) is 0 Å². The molecule has 0 aliphatic carbocycles. The Labute approximate surface area is 114 Å². The van der Waals surface area contributed by atoms with Gasteiger partial charge in [-0.2, -0.15) is 21.4 Å². The summed E-state index contributed by atoms with van der Waals surface area (Å²) in [6.45, 7) is 4.14. The highest BCUT2D eigenvalue weighted by Crippen LogP contribution is 2.08. The number of aromatic amines is 1. The maximum Gasteiger partial charge on any atom is 0.364 e. The van der Waals surface area contributed by atoms with Crippen LogP contribution in [0.3, 0.4) is 0 Å². The van der Waals surface area contributed by atoms with Gasteiger partial charge in [-0.15, -0.1) is 5.10 Å². The summed E-state index contributed by atoms with van der Waals surface area (Å²) in [4.78, 5) is 13.8. The number of thioether (sulfide) groups is 1. The maximum absolute atomic E-state index is 11.4. The van der Waals surface area contributed by atoms with Crippen LogP contribution in [-0.4, -0.2) is 62.4 Å². The molecule has 2 aromatic heterocycles. The summed E-state index contributed by atoms with van der Waals surface area (Å²) in [7, 11) is 0. The summed E-state index contributed by atoms with van der Waals surface area (Å²) in [5.74, 6) is 3.13. The highest BCUT2D eigenvalue weighted by molar-refractivity contribution is 7.99. The van der Waals surface area contributed by atoms with E-state index in [9.17, 15) is 4.79 Å². The fourth-order valence-corrected chi connectivity index (χ4v) is 3.04. The number of nitrogens with one attached hydrogen (secondary N) is 2. The number of H-pyrrole nitrogens is 1. The third kappa shape index (κ3) is 2.90. The van der Waals surface area contributed by atoms with Crippen molar-refractivity contribution in [3.05, 3.63) is 22.6 Å². The Bertz CT molecular complexity index is 602. The second-order valence-electron chi connectivity index (χ2n) is 4.40. The van der Waals surface area contributed by atoms with Crippen LogP contribution in [0.4, 0.5) is 5.82 Å². The highest BCUT2D eigenvalue weighted by atomic mass is 32.2. The Balaban J connectivity index is 1.58. The van der Waals surface area contributed by atoms with Crippen LogP contribution in [-0.2, 0) is 0 Å². The first-order valence-corrected chi connectivity index (χ1v) is 7.47. The number of fused-ring (bicyclic) bond motifs is 1. The first-order valence-electron chi connectivity index (χ1n) is 6.31. The monoisotopic (exact) mass is 280 g/mol. The molecule has 19 heavy (non-hydrogen) atoms. The first-order chi connectivity index (χ1) is 9.33. The van der Waals surface area contributed by atoms with E-state index in [0.29, 0.717) is 11.5 Å². The molecule has 1 fully saturated rings. The van der Waals surface area contributed by atoms with Crippen molar-refractivity contribution in [3.63, 3.8) is 0 Å². The summed E-state index contributed by atoms with van der Waals surface area (Å²) in [6, 6.07) is 3.60. The van der Waals surface area contributed by atoms with E-state index in [1.54, 1.807) is 6.07 Å². The van der Waals surface area contributed by atoms with E-state index in [4.69, 9.17) is 0 Å². The second-order valence-corrected chi connectivity index (χ2v) is 5.62. The van der Waals surface area contributed by atoms with Gasteiger partial charge in [0.2, 0.25) is 0 Å². The molecule has 0 radical (unpaired) electrons. The van der Waals surface area contributed by atoms with Gasteiger partial charge in [0, 0.05) is 37.7 Å².